The Kier molecular flexibility index (Phi) is 2.93. The number of carbonyl (C=O) groups excluding carboxylic acids is 1. The van der Waals surface area contributed by atoms with Gasteiger partial charge in [0.2, 0.25) is 5.03 Å². The minimum Gasteiger partial charge on any atom is -0.610 e. The first-order valence-corrected chi connectivity index (χ1v) is 5.88. The van der Waals surface area contributed by atoms with Crippen molar-refractivity contribution in [3.05, 3.63) is 23.9 Å². The number of hydrogen-bond acceptors (Lipinski definition) is 4. The zero-order valence-corrected chi connectivity index (χ0v) is 9.12. The van der Waals surface area contributed by atoms with Crippen molar-refractivity contribution in [2.24, 2.45) is 0 Å². The minimum absolute atomic E-state index is 0.265. The summed E-state index contributed by atoms with van der Waals surface area (Å²) in [6, 6.07) is 3.22. The van der Waals surface area contributed by atoms with Crippen LogP contribution >= 0.6 is 0 Å². The van der Waals surface area contributed by atoms with Gasteiger partial charge in [0.1, 0.15) is 5.25 Å². The standard InChI is InChI=1S/C10H11NO3S/c1-14-10(12)7-2-5-9(11-6-7)15(13)8-3-4-8/h2,5-6,8H,3-4H2,1H3. The van der Waals surface area contributed by atoms with Crippen LogP contribution in [0, 0.1) is 0 Å². The molecular formula is C10H11NO3S. The van der Waals surface area contributed by atoms with Crippen LogP contribution in [0.4, 0.5) is 0 Å². The molecule has 0 spiro atoms. The van der Waals surface area contributed by atoms with Crippen LogP contribution < -0.4 is 0 Å². The Morgan fingerprint density at radius 3 is 2.80 bits per heavy atom. The molecule has 0 radical (unpaired) electrons. The number of rotatable bonds is 3. The summed E-state index contributed by atoms with van der Waals surface area (Å²) in [5.74, 6) is -0.425. The second-order valence-corrected chi connectivity index (χ2v) is 5.05. The van der Waals surface area contributed by atoms with Crippen molar-refractivity contribution in [1.82, 2.24) is 4.98 Å². The van der Waals surface area contributed by atoms with Crippen LogP contribution in [0.15, 0.2) is 23.4 Å². The van der Waals surface area contributed by atoms with Gasteiger partial charge in [0, 0.05) is 36.3 Å². The number of aromatic nitrogens is 1. The fourth-order valence-electron chi connectivity index (χ4n) is 1.19. The Bertz CT molecular complexity index is 361. The molecule has 1 unspecified atom stereocenters. The fourth-order valence-corrected chi connectivity index (χ4v) is 2.46. The lowest BCUT2D eigenvalue weighted by molar-refractivity contribution is 0.0600. The average Bonchev–Trinajstić information content (AvgIpc) is 3.11. The zero-order valence-electron chi connectivity index (χ0n) is 8.30. The van der Waals surface area contributed by atoms with Gasteiger partial charge >= 0.3 is 5.97 Å². The molecule has 15 heavy (non-hydrogen) atoms. The van der Waals surface area contributed by atoms with E-state index in [1.54, 1.807) is 12.1 Å². The van der Waals surface area contributed by atoms with E-state index in [9.17, 15) is 9.35 Å². The van der Waals surface area contributed by atoms with Crippen molar-refractivity contribution in [1.29, 1.82) is 0 Å². The molecule has 0 N–H and O–H groups in total. The molecule has 4 nitrogen and oxygen atoms in total. The smallest absolute Gasteiger partial charge is 0.339 e. The number of esters is 1. The van der Waals surface area contributed by atoms with Gasteiger partial charge in [-0.2, -0.15) is 0 Å². The number of ether oxygens (including phenoxy) is 1. The molecular weight excluding hydrogens is 214 g/mol. The highest BCUT2D eigenvalue weighted by Gasteiger charge is 2.36. The summed E-state index contributed by atoms with van der Waals surface area (Å²) in [5, 5.41) is 0.812. The maximum atomic E-state index is 11.7. The summed E-state index contributed by atoms with van der Waals surface area (Å²) in [6.07, 6.45) is 3.42. The first-order chi connectivity index (χ1) is 7.22. The Hall–Kier alpha value is -1.07. The van der Waals surface area contributed by atoms with E-state index in [0.29, 0.717) is 10.6 Å². The van der Waals surface area contributed by atoms with Gasteiger partial charge in [-0.3, -0.25) is 0 Å². The van der Waals surface area contributed by atoms with Crippen LogP contribution in [0.3, 0.4) is 0 Å². The maximum Gasteiger partial charge on any atom is 0.339 e. The normalized spacial score (nSPS) is 17.2. The molecule has 0 bridgehead atoms. The summed E-state index contributed by atoms with van der Waals surface area (Å²) in [4.78, 5) is 15.1. The zero-order chi connectivity index (χ0) is 10.8. The van der Waals surface area contributed by atoms with Gasteiger partial charge in [0.25, 0.3) is 0 Å². The molecule has 1 atom stereocenters. The van der Waals surface area contributed by atoms with E-state index < -0.39 is 17.1 Å². The summed E-state index contributed by atoms with van der Waals surface area (Å²) in [7, 11) is 1.32. The fraction of sp³-hybridized carbons (Fsp3) is 0.400. The third-order valence-electron chi connectivity index (χ3n) is 2.19. The summed E-state index contributed by atoms with van der Waals surface area (Å²) in [5.41, 5.74) is 0.383. The van der Waals surface area contributed by atoms with Crippen LogP contribution in [-0.4, -0.2) is 27.9 Å². The van der Waals surface area contributed by atoms with E-state index in [0.717, 1.165) is 12.8 Å². The van der Waals surface area contributed by atoms with Gasteiger partial charge in [-0.15, -0.1) is 0 Å². The van der Waals surface area contributed by atoms with Gasteiger partial charge < -0.3 is 9.29 Å². The SMILES string of the molecule is COC(=O)c1ccc([S+]([O-])C2CC2)nc1. The summed E-state index contributed by atoms with van der Waals surface area (Å²) in [6.45, 7) is 0. The van der Waals surface area contributed by atoms with Crippen LogP contribution in [0.2, 0.25) is 0 Å². The number of carbonyl (C=O) groups is 1. The Balaban J connectivity index is 2.12. The largest absolute Gasteiger partial charge is 0.610 e. The van der Waals surface area contributed by atoms with Crippen molar-refractivity contribution in [3.8, 4) is 0 Å². The third kappa shape index (κ3) is 2.30. The number of nitrogens with zero attached hydrogens (tertiary/aromatic N) is 1. The molecule has 1 aliphatic rings. The first kappa shape index (κ1) is 10.4. The molecule has 2 rings (SSSR count). The first-order valence-electron chi connectivity index (χ1n) is 4.67. The summed E-state index contributed by atoms with van der Waals surface area (Å²) >= 11 is -1.01. The second kappa shape index (κ2) is 4.20. The quantitative estimate of drug-likeness (QED) is 0.571. The van der Waals surface area contributed by atoms with Crippen molar-refractivity contribution in [3.63, 3.8) is 0 Å². The Morgan fingerprint density at radius 2 is 2.33 bits per heavy atom. The Labute approximate surface area is 90.8 Å². The minimum atomic E-state index is -1.01. The van der Waals surface area contributed by atoms with E-state index in [-0.39, 0.29) is 5.25 Å². The lowest BCUT2D eigenvalue weighted by atomic mass is 10.3. The highest BCUT2D eigenvalue weighted by atomic mass is 32.2. The van der Waals surface area contributed by atoms with Gasteiger partial charge in [0.05, 0.1) is 12.7 Å². The van der Waals surface area contributed by atoms with Gasteiger partial charge in [-0.05, 0) is 6.07 Å². The number of pyridine rings is 1. The van der Waals surface area contributed by atoms with E-state index in [4.69, 9.17) is 0 Å². The topological polar surface area (TPSA) is 62.2 Å². The molecule has 1 aromatic heterocycles. The molecule has 1 saturated carbocycles. The molecule has 0 aromatic carbocycles. The molecule has 5 heteroatoms. The molecule has 1 fully saturated rings. The van der Waals surface area contributed by atoms with E-state index in [1.807, 2.05) is 0 Å². The summed E-state index contributed by atoms with van der Waals surface area (Å²) < 4.78 is 16.2. The van der Waals surface area contributed by atoms with Gasteiger partial charge in [-0.25, -0.2) is 9.78 Å². The Morgan fingerprint density at radius 1 is 1.60 bits per heavy atom. The van der Waals surface area contributed by atoms with Crippen LogP contribution in [0.5, 0.6) is 0 Å². The highest BCUT2D eigenvalue weighted by Crippen LogP contribution is 2.32. The van der Waals surface area contributed by atoms with Crippen molar-refractivity contribution in [2.75, 3.05) is 7.11 Å². The van der Waals surface area contributed by atoms with Crippen molar-refractivity contribution in [2.45, 2.75) is 23.1 Å². The van der Waals surface area contributed by atoms with E-state index >= 15 is 0 Å². The molecule has 0 aliphatic heterocycles. The molecule has 1 aliphatic carbocycles. The predicted octanol–water partition coefficient (Wildman–Crippen LogP) is 1.14. The molecule has 0 saturated heterocycles. The van der Waals surface area contributed by atoms with Crippen molar-refractivity contribution >= 4 is 17.1 Å². The van der Waals surface area contributed by atoms with E-state index in [2.05, 4.69) is 9.72 Å². The van der Waals surface area contributed by atoms with E-state index in [1.165, 1.54) is 13.3 Å². The lowest BCUT2D eigenvalue weighted by Gasteiger charge is -2.07. The molecule has 80 valence electrons. The van der Waals surface area contributed by atoms with Crippen molar-refractivity contribution < 1.29 is 14.1 Å². The number of methoxy groups -OCH3 is 1. The second-order valence-electron chi connectivity index (χ2n) is 3.37. The van der Waals surface area contributed by atoms with Gasteiger partial charge in [0.15, 0.2) is 0 Å². The highest BCUT2D eigenvalue weighted by molar-refractivity contribution is 7.92. The lowest BCUT2D eigenvalue weighted by Crippen LogP contribution is -2.10. The van der Waals surface area contributed by atoms with Crippen LogP contribution in [-0.2, 0) is 15.9 Å². The monoisotopic (exact) mass is 225 g/mol. The maximum absolute atomic E-state index is 11.7. The molecule has 0 amide bonds. The van der Waals surface area contributed by atoms with Crippen LogP contribution in [0.1, 0.15) is 23.2 Å². The molecule has 1 aromatic rings. The average molecular weight is 225 g/mol. The molecule has 1 heterocycles. The van der Waals surface area contributed by atoms with Gasteiger partial charge in [-0.1, -0.05) is 0 Å². The number of hydrogen-bond donors (Lipinski definition) is 0. The third-order valence-corrected chi connectivity index (χ3v) is 3.92. The van der Waals surface area contributed by atoms with Crippen LogP contribution in [0.25, 0.3) is 0 Å². The predicted molar refractivity (Wildman–Crippen MR) is 55.0 cm³/mol.